The number of benzene rings is 2. The van der Waals surface area contributed by atoms with Crippen LogP contribution in [0.2, 0.25) is 0 Å². The Hall–Kier alpha value is -3.47. The number of alkyl halides is 3. The molecule has 0 fully saturated rings. The van der Waals surface area contributed by atoms with Crippen molar-refractivity contribution in [3.63, 3.8) is 0 Å². The number of carbonyl (C=O) groups is 2. The first-order valence-electron chi connectivity index (χ1n) is 10.1. The van der Waals surface area contributed by atoms with Gasteiger partial charge in [0.15, 0.2) is 6.29 Å². The first kappa shape index (κ1) is 25.2. The van der Waals surface area contributed by atoms with Crippen LogP contribution in [0.15, 0.2) is 41.6 Å². The van der Waals surface area contributed by atoms with E-state index in [4.69, 9.17) is 4.84 Å². The molecule has 34 heavy (non-hydrogen) atoms. The fourth-order valence-electron chi connectivity index (χ4n) is 3.86. The molecule has 0 saturated heterocycles. The minimum atomic E-state index is -5.40. The van der Waals surface area contributed by atoms with Crippen LogP contribution >= 0.6 is 0 Å². The number of rotatable bonds is 6. The molecule has 3 N–H and O–H groups in total. The number of oxime groups is 1. The van der Waals surface area contributed by atoms with E-state index in [9.17, 15) is 37.4 Å². The maximum atomic E-state index is 14.0. The Bertz CT molecular complexity index is 1160. The lowest BCUT2D eigenvalue weighted by molar-refractivity contribution is -0.254. The molecule has 7 nitrogen and oxygen atoms in total. The van der Waals surface area contributed by atoms with Gasteiger partial charge in [0.1, 0.15) is 11.6 Å². The van der Waals surface area contributed by atoms with E-state index in [0.717, 1.165) is 18.2 Å². The maximum Gasteiger partial charge on any atom is 0.426 e. The maximum absolute atomic E-state index is 14.0. The summed E-state index contributed by atoms with van der Waals surface area (Å²) in [7, 11) is 0. The zero-order chi connectivity index (χ0) is 25.5. The fourth-order valence-corrected chi connectivity index (χ4v) is 3.86. The van der Waals surface area contributed by atoms with Crippen molar-refractivity contribution in [1.29, 1.82) is 0 Å². The molecule has 1 heterocycles. The number of anilines is 1. The van der Waals surface area contributed by atoms with E-state index < -0.39 is 47.2 Å². The molecule has 11 heteroatoms. The van der Waals surface area contributed by atoms with Gasteiger partial charge in [0.25, 0.3) is 5.91 Å². The number of hydrogen-bond acceptors (Lipinski definition) is 6. The predicted molar refractivity (Wildman–Crippen MR) is 114 cm³/mol. The molecule has 2 unspecified atom stereocenters. The number of nitrogens with one attached hydrogen (secondary N) is 1. The summed E-state index contributed by atoms with van der Waals surface area (Å²) < 4.78 is 55.7. The number of aromatic hydroxyl groups is 1. The van der Waals surface area contributed by atoms with E-state index in [1.165, 1.54) is 32.0 Å². The van der Waals surface area contributed by atoms with E-state index in [1.807, 2.05) is 0 Å². The Morgan fingerprint density at radius 1 is 1.21 bits per heavy atom. The molecule has 1 aliphatic rings. The van der Waals surface area contributed by atoms with Crippen molar-refractivity contribution in [3.05, 3.63) is 58.9 Å². The van der Waals surface area contributed by atoms with E-state index in [-0.39, 0.29) is 11.3 Å². The first-order chi connectivity index (χ1) is 15.7. The average molecular weight is 482 g/mol. The molecule has 0 aliphatic carbocycles. The lowest BCUT2D eigenvalue weighted by Gasteiger charge is -2.37. The predicted octanol–water partition coefficient (Wildman–Crippen LogP) is 4.13. The number of phenols is 1. The van der Waals surface area contributed by atoms with Crippen LogP contribution in [0, 0.1) is 5.82 Å². The number of nitrogens with zero attached hydrogens (tertiary/aromatic N) is 1. The van der Waals surface area contributed by atoms with Crippen LogP contribution in [-0.2, 0) is 19.8 Å². The molecule has 0 saturated carbocycles. The van der Waals surface area contributed by atoms with Gasteiger partial charge in [-0.05, 0) is 42.7 Å². The van der Waals surface area contributed by atoms with Crippen LogP contribution in [0.1, 0.15) is 50.0 Å². The van der Waals surface area contributed by atoms with Crippen molar-refractivity contribution in [2.75, 3.05) is 5.32 Å². The number of aliphatic hydroxyl groups is 1. The highest BCUT2D eigenvalue weighted by molar-refractivity contribution is 6.04. The molecule has 3 rings (SSSR count). The van der Waals surface area contributed by atoms with Gasteiger partial charge in [0.2, 0.25) is 11.7 Å². The summed E-state index contributed by atoms with van der Waals surface area (Å²) in [5.41, 5.74) is -4.72. The second kappa shape index (κ2) is 8.71. The van der Waals surface area contributed by atoms with Crippen molar-refractivity contribution < 1.29 is 42.2 Å². The summed E-state index contributed by atoms with van der Waals surface area (Å²) in [6.07, 6.45) is -7.12. The number of fused-ring (bicyclic) bond motifs is 1. The third-order valence-corrected chi connectivity index (χ3v) is 5.66. The molecular formula is C23H22F4N2O5. The summed E-state index contributed by atoms with van der Waals surface area (Å²) in [6.45, 7) is 4.03. The van der Waals surface area contributed by atoms with E-state index >= 15 is 0 Å². The molecule has 2 aromatic rings. The van der Waals surface area contributed by atoms with Gasteiger partial charge in [-0.25, -0.2) is 4.39 Å². The quantitative estimate of drug-likeness (QED) is 0.424. The normalized spacial score (nSPS) is 17.6. The van der Waals surface area contributed by atoms with Gasteiger partial charge >= 0.3 is 6.18 Å². The highest BCUT2D eigenvalue weighted by Gasteiger charge is 2.61. The van der Waals surface area contributed by atoms with E-state index in [2.05, 4.69) is 10.5 Å². The monoisotopic (exact) mass is 482 g/mol. The largest absolute Gasteiger partial charge is 0.508 e. The highest BCUT2D eigenvalue weighted by Crippen LogP contribution is 2.44. The summed E-state index contributed by atoms with van der Waals surface area (Å²) in [6, 6.07) is 6.72. The summed E-state index contributed by atoms with van der Waals surface area (Å²) in [5.74, 6) is -3.05. The van der Waals surface area contributed by atoms with Gasteiger partial charge in [-0.15, -0.1) is 0 Å². The van der Waals surface area contributed by atoms with Crippen LogP contribution in [0.25, 0.3) is 0 Å². The van der Waals surface area contributed by atoms with Crippen molar-refractivity contribution >= 4 is 23.6 Å². The molecule has 2 aromatic carbocycles. The van der Waals surface area contributed by atoms with Gasteiger partial charge in [-0.1, -0.05) is 25.1 Å². The average Bonchev–Trinajstić information content (AvgIpc) is 2.74. The minimum absolute atomic E-state index is 0.0843. The number of aldehydes is 1. The standard InChI is InChI=1S/C23H22F4N2O5/c1-12-16-9-14(5-6-15(16)19(10-30)34-29-12)28-20(32)22(33,23(25,26)27)11-21(2,3)17-8-13(24)4-7-18(17)31/h4-10,19,31,33H,11H2,1-3H3,(H,28,32). The second-order valence-electron chi connectivity index (χ2n) is 8.68. The molecule has 1 aliphatic heterocycles. The van der Waals surface area contributed by atoms with Crippen molar-refractivity contribution in [3.8, 4) is 5.75 Å². The van der Waals surface area contributed by atoms with Crippen molar-refractivity contribution in [2.45, 2.75) is 50.5 Å². The zero-order valence-electron chi connectivity index (χ0n) is 18.4. The summed E-state index contributed by atoms with van der Waals surface area (Å²) in [4.78, 5) is 28.9. The first-order valence-corrected chi connectivity index (χ1v) is 10.1. The lowest BCUT2D eigenvalue weighted by Crippen LogP contribution is -2.57. The second-order valence-corrected chi connectivity index (χ2v) is 8.68. The smallest absolute Gasteiger partial charge is 0.426 e. The number of carbonyl (C=O) groups excluding carboxylic acids is 2. The number of hydrogen-bond donors (Lipinski definition) is 3. The van der Waals surface area contributed by atoms with Crippen molar-refractivity contribution in [1.82, 2.24) is 0 Å². The highest BCUT2D eigenvalue weighted by atomic mass is 19.4. The molecular weight excluding hydrogens is 460 g/mol. The topological polar surface area (TPSA) is 108 Å². The van der Waals surface area contributed by atoms with Crippen LogP contribution in [0.4, 0.5) is 23.2 Å². The van der Waals surface area contributed by atoms with Crippen molar-refractivity contribution in [2.24, 2.45) is 5.16 Å². The number of amides is 1. The van der Waals surface area contributed by atoms with Crippen LogP contribution in [-0.4, -0.2) is 39.9 Å². The van der Waals surface area contributed by atoms with Crippen LogP contribution in [0.5, 0.6) is 5.75 Å². The molecule has 182 valence electrons. The molecule has 0 aromatic heterocycles. The minimum Gasteiger partial charge on any atom is -0.508 e. The Balaban J connectivity index is 1.95. The SMILES string of the molecule is CC1=NOC(C=O)c2ccc(NC(=O)C(O)(CC(C)(C)c3cc(F)ccc3O)C(F)(F)F)cc21. The molecule has 1 amide bonds. The van der Waals surface area contributed by atoms with E-state index in [0.29, 0.717) is 23.1 Å². The van der Waals surface area contributed by atoms with Gasteiger partial charge in [0, 0.05) is 28.8 Å². The zero-order valence-corrected chi connectivity index (χ0v) is 18.4. The molecule has 2 atom stereocenters. The third-order valence-electron chi connectivity index (χ3n) is 5.66. The summed E-state index contributed by atoms with van der Waals surface area (Å²) >= 11 is 0. The van der Waals surface area contributed by atoms with Gasteiger partial charge < -0.3 is 20.4 Å². The Morgan fingerprint density at radius 3 is 2.50 bits per heavy atom. The van der Waals surface area contributed by atoms with E-state index in [1.54, 1.807) is 6.92 Å². The van der Waals surface area contributed by atoms with Gasteiger partial charge in [-0.3, -0.25) is 9.59 Å². The van der Waals surface area contributed by atoms with Gasteiger partial charge in [-0.2, -0.15) is 13.2 Å². The number of halogens is 4. The molecule has 0 spiro atoms. The van der Waals surface area contributed by atoms with Gasteiger partial charge in [0.05, 0.1) is 5.71 Å². The third kappa shape index (κ3) is 4.60. The fraction of sp³-hybridized carbons (Fsp3) is 0.348. The number of phenolic OH excluding ortho intramolecular Hbond substituents is 1. The summed E-state index contributed by atoms with van der Waals surface area (Å²) in [5, 5.41) is 26.4. The Labute approximate surface area is 192 Å². The molecule has 0 bridgehead atoms. The Kier molecular flexibility index (Phi) is 6.45. The van der Waals surface area contributed by atoms with Crippen LogP contribution in [0.3, 0.4) is 0 Å². The Morgan fingerprint density at radius 2 is 1.88 bits per heavy atom. The van der Waals surface area contributed by atoms with Crippen LogP contribution < -0.4 is 5.32 Å². The lowest BCUT2D eigenvalue weighted by atomic mass is 9.74. The molecule has 0 radical (unpaired) electrons.